The molecule has 5 nitrogen and oxygen atoms in total. The summed E-state index contributed by atoms with van der Waals surface area (Å²) in [5.74, 6) is 3.41. The summed E-state index contributed by atoms with van der Waals surface area (Å²) in [5, 5.41) is 15.0. The number of nitrogens with one attached hydrogen (secondary N) is 1. The van der Waals surface area contributed by atoms with Gasteiger partial charge in [0, 0.05) is 6.42 Å². The highest BCUT2D eigenvalue weighted by Gasteiger charge is 2.06. The van der Waals surface area contributed by atoms with E-state index in [9.17, 15) is 0 Å². The van der Waals surface area contributed by atoms with Crippen LogP contribution >= 0.6 is 0 Å². The maximum atomic E-state index is 5.19. The van der Waals surface area contributed by atoms with E-state index in [-0.39, 0.29) is 0 Å². The molecule has 2 aromatic rings. The normalized spacial score (nSPS) is 10.2. The van der Waals surface area contributed by atoms with Crippen LogP contribution in [0.1, 0.15) is 18.7 Å². The number of aromatic nitrogens is 4. The second-order valence-corrected chi connectivity index (χ2v) is 3.83. The Kier molecular flexibility index (Phi) is 4.45. The third kappa shape index (κ3) is 3.15. The van der Waals surface area contributed by atoms with Crippen molar-refractivity contribution in [2.75, 3.05) is 6.54 Å². The van der Waals surface area contributed by atoms with Crippen molar-refractivity contribution >= 4 is 0 Å². The zero-order chi connectivity index (χ0) is 12.6. The molecule has 1 aromatic heterocycles. The molecule has 1 N–H and O–H groups in total. The Morgan fingerprint density at radius 1 is 1.28 bits per heavy atom. The monoisotopic (exact) mass is 241 g/mol. The van der Waals surface area contributed by atoms with Gasteiger partial charge in [-0.2, -0.15) is 4.68 Å². The van der Waals surface area contributed by atoms with Crippen molar-refractivity contribution in [3.63, 3.8) is 0 Å². The smallest absolute Gasteiger partial charge is 0.170 e. The van der Waals surface area contributed by atoms with E-state index in [1.165, 1.54) is 0 Å². The third-order valence-corrected chi connectivity index (χ3v) is 2.49. The maximum Gasteiger partial charge on any atom is 0.170 e. The number of terminal acetylenes is 1. The van der Waals surface area contributed by atoms with E-state index in [0.29, 0.717) is 6.54 Å². The minimum Gasteiger partial charge on any atom is -0.310 e. The van der Waals surface area contributed by atoms with Gasteiger partial charge in [0.2, 0.25) is 0 Å². The van der Waals surface area contributed by atoms with Crippen LogP contribution < -0.4 is 5.32 Å². The van der Waals surface area contributed by atoms with E-state index in [0.717, 1.165) is 30.9 Å². The van der Waals surface area contributed by atoms with E-state index in [1.54, 1.807) is 4.68 Å². The number of tetrazole rings is 1. The Morgan fingerprint density at radius 2 is 2.11 bits per heavy atom. The molecule has 0 unspecified atom stereocenters. The van der Waals surface area contributed by atoms with Crippen LogP contribution in [-0.2, 0) is 6.54 Å². The average Bonchev–Trinajstić information content (AvgIpc) is 2.88. The van der Waals surface area contributed by atoms with Crippen molar-refractivity contribution in [2.24, 2.45) is 0 Å². The van der Waals surface area contributed by atoms with Crippen LogP contribution in [0, 0.1) is 12.3 Å². The minimum absolute atomic E-state index is 0.631. The Balaban J connectivity index is 1.95. The van der Waals surface area contributed by atoms with Crippen LogP contribution in [0.4, 0.5) is 0 Å². The van der Waals surface area contributed by atoms with E-state index in [4.69, 9.17) is 6.42 Å². The molecule has 92 valence electrons. The quantitative estimate of drug-likeness (QED) is 0.609. The predicted molar refractivity (Wildman–Crippen MR) is 68.9 cm³/mol. The van der Waals surface area contributed by atoms with Gasteiger partial charge in [0.15, 0.2) is 5.82 Å². The van der Waals surface area contributed by atoms with Crippen molar-refractivity contribution in [3.8, 4) is 18.0 Å². The summed E-state index contributed by atoms with van der Waals surface area (Å²) >= 11 is 0. The summed E-state index contributed by atoms with van der Waals surface area (Å²) in [6.07, 6.45) is 6.94. The summed E-state index contributed by atoms with van der Waals surface area (Å²) in [7, 11) is 0. The highest BCUT2D eigenvalue weighted by molar-refractivity contribution is 5.30. The Labute approximate surface area is 106 Å². The molecule has 0 aliphatic carbocycles. The lowest BCUT2D eigenvalue weighted by atomic mass is 10.3. The highest BCUT2D eigenvalue weighted by atomic mass is 15.5. The summed E-state index contributed by atoms with van der Waals surface area (Å²) in [6, 6.07) is 9.82. The molecule has 0 fully saturated rings. The topological polar surface area (TPSA) is 55.6 Å². The molecule has 0 atom stereocenters. The van der Waals surface area contributed by atoms with E-state index in [1.807, 2.05) is 30.3 Å². The molecule has 0 saturated heterocycles. The fourth-order valence-corrected chi connectivity index (χ4v) is 1.60. The highest BCUT2D eigenvalue weighted by Crippen LogP contribution is 2.06. The second kappa shape index (κ2) is 6.52. The van der Waals surface area contributed by atoms with E-state index < -0.39 is 0 Å². The fourth-order valence-electron chi connectivity index (χ4n) is 1.60. The van der Waals surface area contributed by atoms with Crippen LogP contribution in [-0.4, -0.2) is 26.8 Å². The van der Waals surface area contributed by atoms with Crippen LogP contribution in [0.25, 0.3) is 5.69 Å². The number of hydrogen-bond donors (Lipinski definition) is 1. The fraction of sp³-hybridized carbons (Fsp3) is 0.308. The van der Waals surface area contributed by atoms with Gasteiger partial charge in [0.25, 0.3) is 0 Å². The number of hydrogen-bond acceptors (Lipinski definition) is 4. The molecular weight excluding hydrogens is 226 g/mol. The third-order valence-electron chi connectivity index (χ3n) is 2.49. The molecule has 1 heterocycles. The van der Waals surface area contributed by atoms with Gasteiger partial charge in [0.1, 0.15) is 0 Å². The summed E-state index contributed by atoms with van der Waals surface area (Å²) in [5.41, 5.74) is 0.961. The van der Waals surface area contributed by atoms with Gasteiger partial charge in [-0.15, -0.1) is 17.4 Å². The van der Waals surface area contributed by atoms with Crippen LogP contribution in [0.2, 0.25) is 0 Å². The maximum absolute atomic E-state index is 5.19. The van der Waals surface area contributed by atoms with Crippen molar-refractivity contribution in [3.05, 3.63) is 36.2 Å². The molecule has 18 heavy (non-hydrogen) atoms. The van der Waals surface area contributed by atoms with Gasteiger partial charge >= 0.3 is 0 Å². The first kappa shape index (κ1) is 12.3. The molecule has 0 amide bonds. The zero-order valence-corrected chi connectivity index (χ0v) is 10.1. The molecule has 0 saturated carbocycles. The van der Waals surface area contributed by atoms with Gasteiger partial charge in [-0.3, -0.25) is 0 Å². The van der Waals surface area contributed by atoms with Crippen molar-refractivity contribution in [1.82, 2.24) is 25.5 Å². The first-order chi connectivity index (χ1) is 8.92. The van der Waals surface area contributed by atoms with Crippen molar-refractivity contribution in [1.29, 1.82) is 0 Å². The second-order valence-electron chi connectivity index (χ2n) is 3.83. The molecule has 0 spiro atoms. The zero-order valence-electron chi connectivity index (χ0n) is 10.1. The van der Waals surface area contributed by atoms with Crippen LogP contribution in [0.15, 0.2) is 30.3 Å². The van der Waals surface area contributed by atoms with Gasteiger partial charge in [-0.05, 0) is 35.5 Å². The van der Waals surface area contributed by atoms with Gasteiger partial charge in [0.05, 0.1) is 12.2 Å². The van der Waals surface area contributed by atoms with E-state index in [2.05, 4.69) is 26.8 Å². The molecule has 5 heteroatoms. The average molecular weight is 241 g/mol. The minimum atomic E-state index is 0.631. The van der Waals surface area contributed by atoms with Crippen molar-refractivity contribution in [2.45, 2.75) is 19.4 Å². The van der Waals surface area contributed by atoms with Gasteiger partial charge < -0.3 is 5.32 Å². The van der Waals surface area contributed by atoms with Gasteiger partial charge in [-0.1, -0.05) is 18.2 Å². The van der Waals surface area contributed by atoms with Crippen LogP contribution in [0.5, 0.6) is 0 Å². The predicted octanol–water partition coefficient (Wildman–Crippen LogP) is 1.17. The standard InChI is InChI=1S/C13H15N5/c1-2-3-7-10-14-11-13-15-16-17-18(13)12-8-5-4-6-9-12/h1,4-6,8-9,14H,3,7,10-11H2. The molecule has 2 rings (SSSR count). The first-order valence-electron chi connectivity index (χ1n) is 5.88. The lowest BCUT2D eigenvalue weighted by Crippen LogP contribution is -2.18. The van der Waals surface area contributed by atoms with Crippen LogP contribution in [0.3, 0.4) is 0 Å². The Bertz CT molecular complexity index is 512. The molecule has 1 aromatic carbocycles. The van der Waals surface area contributed by atoms with E-state index >= 15 is 0 Å². The molecule has 0 radical (unpaired) electrons. The number of rotatable bonds is 6. The lowest BCUT2D eigenvalue weighted by molar-refractivity contribution is 0.622. The Morgan fingerprint density at radius 3 is 2.89 bits per heavy atom. The number of unbranched alkanes of at least 4 members (excludes halogenated alkanes) is 1. The summed E-state index contributed by atoms with van der Waals surface area (Å²) in [6.45, 7) is 1.50. The Hall–Kier alpha value is -2.19. The SMILES string of the molecule is C#CCCCNCc1nnnn1-c1ccccc1. The van der Waals surface area contributed by atoms with Gasteiger partial charge in [-0.25, -0.2) is 0 Å². The number of para-hydroxylation sites is 1. The molecule has 0 aliphatic rings. The lowest BCUT2D eigenvalue weighted by Gasteiger charge is -2.05. The van der Waals surface area contributed by atoms with Crippen molar-refractivity contribution < 1.29 is 0 Å². The largest absolute Gasteiger partial charge is 0.310 e. The summed E-state index contributed by atoms with van der Waals surface area (Å²) < 4.78 is 1.73. The number of nitrogens with zero attached hydrogens (tertiary/aromatic N) is 4. The molecular formula is C13H15N5. The molecule has 0 bridgehead atoms. The first-order valence-corrected chi connectivity index (χ1v) is 5.88. The summed E-state index contributed by atoms with van der Waals surface area (Å²) in [4.78, 5) is 0. The number of benzene rings is 1. The molecule has 0 aliphatic heterocycles.